The number of quaternary nitrogens is 1. The summed E-state index contributed by atoms with van der Waals surface area (Å²) in [6.45, 7) is 3.52. The van der Waals surface area contributed by atoms with Gasteiger partial charge in [-0.15, -0.1) is 6.61 Å². The van der Waals surface area contributed by atoms with E-state index < -0.39 is 32.1 Å². The summed E-state index contributed by atoms with van der Waals surface area (Å²) in [5.41, 5.74) is 0.892. The number of ether oxygens (including phenoxy) is 2. The Morgan fingerprint density at radius 2 is 1.45 bits per heavy atom. The zero-order chi connectivity index (χ0) is 29.9. The second-order valence-corrected chi connectivity index (χ2v) is 13.7. The topological polar surface area (TPSA) is 105 Å². The van der Waals surface area contributed by atoms with Gasteiger partial charge < -0.3 is 28.5 Å². The Morgan fingerprint density at radius 1 is 0.925 bits per heavy atom. The van der Waals surface area contributed by atoms with Crippen LogP contribution in [0.15, 0.2) is 24.3 Å². The number of benzene rings is 1. The van der Waals surface area contributed by atoms with E-state index in [9.17, 15) is 19.4 Å². The number of carbonyl (C=O) groups is 1. The first-order valence-electron chi connectivity index (χ1n) is 15.2. The fraction of sp³-hybridized carbons (Fsp3) is 0.774. The minimum atomic E-state index is -4.12. The highest BCUT2D eigenvalue weighted by Crippen LogP contribution is 2.51. The molecule has 40 heavy (non-hydrogen) atoms. The van der Waals surface area contributed by atoms with Crippen LogP contribution in [-0.4, -0.2) is 68.2 Å². The molecule has 1 aromatic rings. The monoisotopic (exact) mass is 585 g/mol. The Kier molecular flexibility index (Phi) is 18.7. The smallest absolute Gasteiger partial charge is 0.385 e. The van der Waals surface area contributed by atoms with Crippen molar-refractivity contribution >= 4 is 13.6 Å². The molecule has 8 nitrogen and oxygen atoms in total. The summed E-state index contributed by atoms with van der Waals surface area (Å²) < 4.78 is 29.7. The Labute approximate surface area is 243 Å². The van der Waals surface area contributed by atoms with Gasteiger partial charge in [-0.1, -0.05) is 89.7 Å². The normalized spacial score (nSPS) is 14.9. The molecule has 0 aromatic heterocycles. The van der Waals surface area contributed by atoms with Crippen LogP contribution in [0.1, 0.15) is 103 Å². The van der Waals surface area contributed by atoms with Gasteiger partial charge in [-0.25, -0.2) is 0 Å². The minimum Gasteiger partial charge on any atom is -0.854 e. The first-order chi connectivity index (χ1) is 19.0. The number of hydrogen-bond donors (Lipinski definition) is 1. The highest BCUT2D eigenvalue weighted by molar-refractivity contribution is 7.53. The van der Waals surface area contributed by atoms with E-state index in [0.29, 0.717) is 13.0 Å². The summed E-state index contributed by atoms with van der Waals surface area (Å²) >= 11 is 0. The van der Waals surface area contributed by atoms with Gasteiger partial charge in [0.15, 0.2) is 5.78 Å². The van der Waals surface area contributed by atoms with E-state index in [2.05, 4.69) is 6.92 Å². The number of carbonyl (C=O) groups excluding carboxylic acids is 1. The van der Waals surface area contributed by atoms with Gasteiger partial charge in [0, 0.05) is 13.3 Å². The third-order valence-electron chi connectivity index (χ3n) is 7.08. The first-order valence-corrected chi connectivity index (χ1v) is 16.9. The van der Waals surface area contributed by atoms with Gasteiger partial charge in [0.25, 0.3) is 0 Å². The third-order valence-corrected chi connectivity index (χ3v) is 9.30. The lowest BCUT2D eigenvalue weighted by molar-refractivity contribution is -0.884. The molecule has 0 saturated carbocycles. The Bertz CT molecular complexity index is 841. The summed E-state index contributed by atoms with van der Waals surface area (Å²) in [6.07, 6.45) is 15.3. The van der Waals surface area contributed by atoms with Crippen LogP contribution in [0.5, 0.6) is 5.75 Å². The lowest BCUT2D eigenvalue weighted by Gasteiger charge is -2.36. The maximum Gasteiger partial charge on any atom is 0.385 e. The fourth-order valence-corrected chi connectivity index (χ4v) is 6.72. The summed E-state index contributed by atoms with van der Waals surface area (Å²) in [4.78, 5) is 22.2. The highest BCUT2D eigenvalue weighted by atomic mass is 31.2. The second-order valence-electron chi connectivity index (χ2n) is 11.8. The minimum absolute atomic E-state index is 0.0101. The summed E-state index contributed by atoms with van der Waals surface area (Å²) in [6, 6.07) is 7.58. The number of nitrogens with zero attached hydrogens (tertiary/aromatic N) is 1. The fourth-order valence-electron chi connectivity index (χ4n) is 4.86. The van der Waals surface area contributed by atoms with Gasteiger partial charge in [0.05, 0.1) is 34.4 Å². The van der Waals surface area contributed by atoms with Gasteiger partial charge in [-0.05, 0) is 30.5 Å². The summed E-state index contributed by atoms with van der Waals surface area (Å²) in [5, 5.41) is 11.2. The predicted octanol–water partition coefficient (Wildman–Crippen LogP) is 6.23. The first kappa shape index (κ1) is 36.6. The zero-order valence-corrected chi connectivity index (χ0v) is 26.7. The number of esters is 1. The molecule has 0 aliphatic rings. The molecule has 1 rings (SSSR count). The van der Waals surface area contributed by atoms with E-state index in [0.717, 1.165) is 17.7 Å². The van der Waals surface area contributed by atoms with Crippen molar-refractivity contribution in [3.63, 3.8) is 0 Å². The predicted molar refractivity (Wildman–Crippen MR) is 159 cm³/mol. The molecule has 0 amide bonds. The molecule has 3 unspecified atom stereocenters. The third kappa shape index (κ3) is 16.7. The van der Waals surface area contributed by atoms with Crippen molar-refractivity contribution < 1.29 is 37.8 Å². The Morgan fingerprint density at radius 3 is 1.93 bits per heavy atom. The maximum absolute atomic E-state index is 12.9. The molecule has 232 valence electrons. The summed E-state index contributed by atoms with van der Waals surface area (Å²) in [5.74, 6) is -0.564. The van der Waals surface area contributed by atoms with Crippen molar-refractivity contribution in [2.45, 2.75) is 116 Å². The van der Waals surface area contributed by atoms with Crippen LogP contribution in [0.3, 0.4) is 0 Å². The SMILES string of the molecule is CCCCCCCCCCCCCCOc1ccc(CC(COP(=O)(O)C(CC[O-])[N+](C)(C)C)OC(C)=O)cc1. The van der Waals surface area contributed by atoms with Gasteiger partial charge in [-0.3, -0.25) is 9.36 Å². The van der Waals surface area contributed by atoms with E-state index in [1.165, 1.54) is 77.6 Å². The van der Waals surface area contributed by atoms with Crippen molar-refractivity contribution in [3.8, 4) is 5.75 Å². The van der Waals surface area contributed by atoms with Crippen LogP contribution >= 0.6 is 7.60 Å². The summed E-state index contributed by atoms with van der Waals surface area (Å²) in [7, 11) is 1.12. The average Bonchev–Trinajstić information content (AvgIpc) is 2.88. The Hall–Kier alpha value is -1.44. The quantitative estimate of drug-likeness (QED) is 0.0664. The largest absolute Gasteiger partial charge is 0.854 e. The van der Waals surface area contributed by atoms with Crippen molar-refractivity contribution in [3.05, 3.63) is 29.8 Å². The van der Waals surface area contributed by atoms with E-state index >= 15 is 0 Å². The van der Waals surface area contributed by atoms with Crippen LogP contribution in [0.25, 0.3) is 0 Å². The van der Waals surface area contributed by atoms with Crippen molar-refractivity contribution in [1.29, 1.82) is 0 Å². The van der Waals surface area contributed by atoms with E-state index in [4.69, 9.17) is 14.0 Å². The maximum atomic E-state index is 12.9. The van der Waals surface area contributed by atoms with Gasteiger partial charge in [-0.2, -0.15) is 0 Å². The van der Waals surface area contributed by atoms with Gasteiger partial charge >= 0.3 is 13.6 Å². The molecule has 0 spiro atoms. The van der Waals surface area contributed by atoms with E-state index in [1.807, 2.05) is 24.3 Å². The molecule has 0 aliphatic heterocycles. The second kappa shape index (κ2) is 20.4. The molecule has 1 aromatic carbocycles. The molecule has 0 heterocycles. The van der Waals surface area contributed by atoms with Gasteiger partial charge in [0.1, 0.15) is 11.9 Å². The van der Waals surface area contributed by atoms with E-state index in [1.54, 1.807) is 21.1 Å². The molecular weight excluding hydrogens is 529 g/mol. The van der Waals surface area contributed by atoms with Crippen molar-refractivity contribution in [1.82, 2.24) is 0 Å². The lowest BCUT2D eigenvalue weighted by Crippen LogP contribution is -2.46. The molecule has 0 bridgehead atoms. The van der Waals surface area contributed by atoms with E-state index in [-0.39, 0.29) is 17.5 Å². The standard InChI is InChI=1S/C31H56NO7P/c1-6-7-8-9-10-11-12-13-14-15-16-17-24-37-29-20-18-28(19-21-29)25-30(39-27(2)34)26-38-40(35,36)31(22-23-33)32(3,4)5/h18-21,30-31H,6-17,22-26H2,1-5H3,(H,35,36). The van der Waals surface area contributed by atoms with Crippen LogP contribution in [0.4, 0.5) is 0 Å². The Balaban J connectivity index is 2.39. The number of unbranched alkanes of at least 4 members (excludes halogenated alkanes) is 11. The molecule has 0 saturated heterocycles. The molecule has 0 aliphatic carbocycles. The molecule has 0 radical (unpaired) electrons. The average molecular weight is 586 g/mol. The number of rotatable bonds is 24. The van der Waals surface area contributed by atoms with Crippen LogP contribution < -0.4 is 9.84 Å². The van der Waals surface area contributed by atoms with Crippen LogP contribution in [0.2, 0.25) is 0 Å². The number of hydrogen-bond acceptors (Lipinski definition) is 6. The molecular formula is C31H56NO7P. The van der Waals surface area contributed by atoms with Crippen LogP contribution in [0, 0.1) is 0 Å². The highest BCUT2D eigenvalue weighted by Gasteiger charge is 2.42. The zero-order valence-electron chi connectivity index (χ0n) is 25.8. The van der Waals surface area contributed by atoms with Gasteiger partial charge in [0.2, 0.25) is 0 Å². The molecule has 9 heteroatoms. The van der Waals surface area contributed by atoms with Crippen molar-refractivity contribution in [2.24, 2.45) is 0 Å². The molecule has 1 N–H and O–H groups in total. The molecule has 0 fully saturated rings. The molecule has 3 atom stereocenters. The van der Waals surface area contributed by atoms with Crippen LogP contribution in [-0.2, 0) is 25.0 Å². The van der Waals surface area contributed by atoms with Crippen molar-refractivity contribution in [2.75, 3.05) is 41.0 Å². The lowest BCUT2D eigenvalue weighted by atomic mass is 10.1.